The normalized spacial score (nSPS) is 11.4. The Bertz CT molecular complexity index is 505. The summed E-state index contributed by atoms with van der Waals surface area (Å²) < 4.78 is 0. The molecule has 2 heterocycles. The molecule has 4 nitrogen and oxygen atoms in total. The fraction of sp³-hybridized carbons (Fsp3) is 0.556. The van der Waals surface area contributed by atoms with Crippen LogP contribution in [0.5, 0.6) is 0 Å². The second-order valence-electron chi connectivity index (χ2n) is 6.40. The Morgan fingerprint density at radius 1 is 0.727 bits per heavy atom. The molecular weight excluding hydrogens is 272 g/mol. The first-order valence-electron chi connectivity index (χ1n) is 8.19. The van der Waals surface area contributed by atoms with Crippen LogP contribution in [0.2, 0.25) is 0 Å². The van der Waals surface area contributed by atoms with E-state index >= 15 is 0 Å². The fourth-order valence-electron chi connectivity index (χ4n) is 2.22. The summed E-state index contributed by atoms with van der Waals surface area (Å²) in [5, 5.41) is 8.57. The smallest absolute Gasteiger partial charge is 0.0656 e. The van der Waals surface area contributed by atoms with E-state index in [0.29, 0.717) is 11.8 Å². The number of nitrogens with zero attached hydrogens (tertiary/aromatic N) is 4. The van der Waals surface area contributed by atoms with E-state index in [-0.39, 0.29) is 0 Å². The topological polar surface area (TPSA) is 51.6 Å². The molecule has 0 unspecified atom stereocenters. The first-order chi connectivity index (χ1) is 10.6. The first-order valence-corrected chi connectivity index (χ1v) is 8.19. The summed E-state index contributed by atoms with van der Waals surface area (Å²) in [5.41, 5.74) is 4.27. The zero-order valence-corrected chi connectivity index (χ0v) is 14.1. The molecule has 0 aliphatic carbocycles. The second-order valence-corrected chi connectivity index (χ2v) is 6.40. The summed E-state index contributed by atoms with van der Waals surface area (Å²) >= 11 is 0. The summed E-state index contributed by atoms with van der Waals surface area (Å²) in [6.45, 7) is 8.54. The van der Waals surface area contributed by atoms with Crippen molar-refractivity contribution in [3.8, 4) is 0 Å². The number of rotatable bonds is 7. The predicted octanol–water partition coefficient (Wildman–Crippen LogP) is 4.08. The summed E-state index contributed by atoms with van der Waals surface area (Å²) in [5.74, 6) is 0.878. The minimum atomic E-state index is 0.439. The number of aromatic nitrogens is 4. The van der Waals surface area contributed by atoms with Crippen molar-refractivity contribution in [1.29, 1.82) is 0 Å². The van der Waals surface area contributed by atoms with Gasteiger partial charge in [-0.1, -0.05) is 27.7 Å². The molecule has 2 aromatic heterocycles. The van der Waals surface area contributed by atoms with E-state index in [1.54, 1.807) is 0 Å². The van der Waals surface area contributed by atoms with Crippen LogP contribution in [0.15, 0.2) is 24.5 Å². The molecule has 0 saturated carbocycles. The van der Waals surface area contributed by atoms with Gasteiger partial charge in [0, 0.05) is 12.4 Å². The van der Waals surface area contributed by atoms with Crippen molar-refractivity contribution in [2.75, 3.05) is 0 Å². The number of aryl methyl sites for hydroxylation is 2. The van der Waals surface area contributed by atoms with E-state index < -0.39 is 0 Å². The molecule has 4 heteroatoms. The van der Waals surface area contributed by atoms with Crippen LogP contribution in [0.3, 0.4) is 0 Å². The molecule has 0 radical (unpaired) electrons. The van der Waals surface area contributed by atoms with E-state index in [9.17, 15) is 0 Å². The van der Waals surface area contributed by atoms with E-state index in [1.807, 2.05) is 12.4 Å². The maximum atomic E-state index is 4.49. The molecule has 0 N–H and O–H groups in total. The predicted molar refractivity (Wildman–Crippen MR) is 88.9 cm³/mol. The maximum absolute atomic E-state index is 4.49. The Kier molecular flexibility index (Phi) is 5.99. The van der Waals surface area contributed by atoms with Crippen molar-refractivity contribution in [2.24, 2.45) is 0 Å². The van der Waals surface area contributed by atoms with Crippen LogP contribution in [0.25, 0.3) is 0 Å². The fourth-order valence-corrected chi connectivity index (χ4v) is 2.22. The third-order valence-electron chi connectivity index (χ3n) is 3.76. The monoisotopic (exact) mass is 298 g/mol. The molecular formula is C18H26N4. The Labute approximate surface area is 133 Å². The Morgan fingerprint density at radius 3 is 1.91 bits per heavy atom. The van der Waals surface area contributed by atoms with Gasteiger partial charge in [0.15, 0.2) is 0 Å². The average Bonchev–Trinajstić information content (AvgIpc) is 2.52. The molecule has 0 saturated heterocycles. The SMILES string of the molecule is CC(C)c1cnc(CCCCc2ccc(C(C)C)nn2)cn1. The van der Waals surface area contributed by atoms with Crippen molar-refractivity contribution in [1.82, 2.24) is 20.2 Å². The van der Waals surface area contributed by atoms with Gasteiger partial charge in [0.25, 0.3) is 0 Å². The summed E-state index contributed by atoms with van der Waals surface area (Å²) in [4.78, 5) is 8.94. The Hall–Kier alpha value is -1.84. The molecule has 0 fully saturated rings. The van der Waals surface area contributed by atoms with Crippen LogP contribution in [0.4, 0.5) is 0 Å². The summed E-state index contributed by atoms with van der Waals surface area (Å²) in [6, 6.07) is 4.18. The van der Waals surface area contributed by atoms with Gasteiger partial charge in [-0.05, 0) is 49.7 Å². The van der Waals surface area contributed by atoms with Crippen molar-refractivity contribution < 1.29 is 0 Å². The van der Waals surface area contributed by atoms with Crippen molar-refractivity contribution >= 4 is 0 Å². The van der Waals surface area contributed by atoms with Gasteiger partial charge >= 0.3 is 0 Å². The highest BCUT2D eigenvalue weighted by atomic mass is 15.1. The number of hydrogen-bond donors (Lipinski definition) is 0. The second kappa shape index (κ2) is 7.97. The molecule has 0 aliphatic rings. The zero-order valence-electron chi connectivity index (χ0n) is 14.1. The lowest BCUT2D eigenvalue weighted by Crippen LogP contribution is -2.00. The molecule has 0 bridgehead atoms. The molecule has 118 valence electrons. The van der Waals surface area contributed by atoms with E-state index in [2.05, 4.69) is 60.0 Å². The van der Waals surface area contributed by atoms with Gasteiger partial charge in [0.1, 0.15) is 0 Å². The standard InChI is InChI=1S/C18H26N4/c1-13(2)17-10-9-15(21-22-17)7-5-6-8-16-11-20-18(12-19-16)14(3)4/h9-14H,5-8H2,1-4H3. The van der Waals surface area contributed by atoms with E-state index in [4.69, 9.17) is 0 Å². The van der Waals surface area contributed by atoms with Gasteiger partial charge in [0.2, 0.25) is 0 Å². The lowest BCUT2D eigenvalue weighted by molar-refractivity contribution is 0.689. The van der Waals surface area contributed by atoms with Crippen LogP contribution in [0, 0.1) is 0 Å². The third-order valence-corrected chi connectivity index (χ3v) is 3.76. The lowest BCUT2D eigenvalue weighted by Gasteiger charge is -2.06. The molecule has 0 aliphatic heterocycles. The quantitative estimate of drug-likeness (QED) is 0.723. The van der Waals surface area contributed by atoms with Gasteiger partial charge in [0.05, 0.1) is 22.8 Å². The molecule has 0 aromatic carbocycles. The van der Waals surface area contributed by atoms with Crippen molar-refractivity contribution in [3.05, 3.63) is 47.3 Å². The maximum Gasteiger partial charge on any atom is 0.0656 e. The molecule has 0 spiro atoms. The highest BCUT2D eigenvalue weighted by Crippen LogP contribution is 2.12. The largest absolute Gasteiger partial charge is 0.258 e. The van der Waals surface area contributed by atoms with Gasteiger partial charge < -0.3 is 0 Å². The van der Waals surface area contributed by atoms with Gasteiger partial charge in [-0.2, -0.15) is 10.2 Å². The number of unbranched alkanes of at least 4 members (excludes halogenated alkanes) is 1. The highest BCUT2D eigenvalue weighted by Gasteiger charge is 2.04. The van der Waals surface area contributed by atoms with Gasteiger partial charge in [-0.15, -0.1) is 0 Å². The van der Waals surface area contributed by atoms with Gasteiger partial charge in [-0.3, -0.25) is 9.97 Å². The van der Waals surface area contributed by atoms with Crippen LogP contribution >= 0.6 is 0 Å². The van der Waals surface area contributed by atoms with Crippen LogP contribution < -0.4 is 0 Å². The van der Waals surface area contributed by atoms with Crippen LogP contribution in [-0.4, -0.2) is 20.2 Å². The first kappa shape index (κ1) is 16.5. The minimum Gasteiger partial charge on any atom is -0.258 e. The molecule has 0 atom stereocenters. The van der Waals surface area contributed by atoms with Crippen molar-refractivity contribution in [3.63, 3.8) is 0 Å². The van der Waals surface area contributed by atoms with E-state index in [0.717, 1.165) is 48.5 Å². The average molecular weight is 298 g/mol. The molecule has 22 heavy (non-hydrogen) atoms. The minimum absolute atomic E-state index is 0.439. The Balaban J connectivity index is 1.74. The lowest BCUT2D eigenvalue weighted by atomic mass is 10.1. The highest BCUT2D eigenvalue weighted by molar-refractivity contribution is 5.10. The molecule has 2 rings (SSSR count). The summed E-state index contributed by atoms with van der Waals surface area (Å²) in [6.07, 6.45) is 7.96. The van der Waals surface area contributed by atoms with E-state index in [1.165, 1.54) is 0 Å². The number of hydrogen-bond acceptors (Lipinski definition) is 4. The third kappa shape index (κ3) is 4.86. The Morgan fingerprint density at radius 2 is 1.41 bits per heavy atom. The van der Waals surface area contributed by atoms with Crippen LogP contribution in [-0.2, 0) is 12.8 Å². The van der Waals surface area contributed by atoms with Crippen molar-refractivity contribution in [2.45, 2.75) is 65.2 Å². The molecule has 2 aromatic rings. The van der Waals surface area contributed by atoms with Gasteiger partial charge in [-0.25, -0.2) is 0 Å². The summed E-state index contributed by atoms with van der Waals surface area (Å²) in [7, 11) is 0. The zero-order chi connectivity index (χ0) is 15.9. The molecule has 0 amide bonds. The van der Waals surface area contributed by atoms with Crippen LogP contribution in [0.1, 0.15) is 75.1 Å².